The van der Waals surface area contributed by atoms with Crippen molar-refractivity contribution in [1.29, 1.82) is 0 Å². The standard InChI is InChI=1S/C13H20FN3O3S/c1-8-5-10(14)11(15)6-12(8)21(19,20)17(4)7-9(2)13(18)16-3/h5-6,9H,7,15H2,1-4H3,(H,16,18). The summed E-state index contributed by atoms with van der Waals surface area (Å²) in [5.41, 5.74) is 5.47. The first-order valence-corrected chi connectivity index (χ1v) is 7.78. The Bertz CT molecular complexity index is 646. The summed E-state index contributed by atoms with van der Waals surface area (Å²) in [6, 6.07) is 2.18. The van der Waals surface area contributed by atoms with Crippen LogP contribution >= 0.6 is 0 Å². The first kappa shape index (κ1) is 17.4. The van der Waals surface area contributed by atoms with Crippen molar-refractivity contribution in [3.63, 3.8) is 0 Å². The van der Waals surface area contributed by atoms with Crippen LogP contribution in [0.3, 0.4) is 0 Å². The molecule has 21 heavy (non-hydrogen) atoms. The zero-order chi connectivity index (χ0) is 16.4. The number of nitrogens with one attached hydrogen (secondary N) is 1. The van der Waals surface area contributed by atoms with E-state index in [4.69, 9.17) is 5.73 Å². The van der Waals surface area contributed by atoms with E-state index in [-0.39, 0.29) is 28.6 Å². The van der Waals surface area contributed by atoms with Crippen LogP contribution in [0.4, 0.5) is 10.1 Å². The molecule has 1 aromatic carbocycles. The van der Waals surface area contributed by atoms with Crippen molar-refractivity contribution < 1.29 is 17.6 Å². The number of hydrogen-bond acceptors (Lipinski definition) is 4. The Hall–Kier alpha value is -1.67. The zero-order valence-electron chi connectivity index (χ0n) is 12.5. The van der Waals surface area contributed by atoms with Gasteiger partial charge in [0.2, 0.25) is 15.9 Å². The first-order chi connectivity index (χ1) is 9.61. The van der Waals surface area contributed by atoms with Crippen LogP contribution in [0.25, 0.3) is 0 Å². The molecule has 0 aliphatic carbocycles. The molecule has 0 spiro atoms. The molecular formula is C13H20FN3O3S. The maximum Gasteiger partial charge on any atom is 0.243 e. The lowest BCUT2D eigenvalue weighted by Crippen LogP contribution is -2.37. The maximum absolute atomic E-state index is 13.3. The van der Waals surface area contributed by atoms with E-state index in [1.165, 1.54) is 21.0 Å². The topological polar surface area (TPSA) is 92.5 Å². The van der Waals surface area contributed by atoms with Crippen molar-refractivity contribution in [1.82, 2.24) is 9.62 Å². The summed E-state index contributed by atoms with van der Waals surface area (Å²) < 4.78 is 39.3. The van der Waals surface area contributed by atoms with E-state index in [0.717, 1.165) is 16.4 Å². The average molecular weight is 317 g/mol. The molecule has 1 unspecified atom stereocenters. The van der Waals surface area contributed by atoms with Crippen LogP contribution in [0.5, 0.6) is 0 Å². The van der Waals surface area contributed by atoms with Gasteiger partial charge in [0.25, 0.3) is 0 Å². The summed E-state index contributed by atoms with van der Waals surface area (Å²) >= 11 is 0. The first-order valence-electron chi connectivity index (χ1n) is 6.34. The summed E-state index contributed by atoms with van der Waals surface area (Å²) in [6.07, 6.45) is 0. The number of benzene rings is 1. The van der Waals surface area contributed by atoms with E-state index in [0.29, 0.717) is 0 Å². The van der Waals surface area contributed by atoms with Crippen LogP contribution in [0.2, 0.25) is 0 Å². The third kappa shape index (κ3) is 3.70. The quantitative estimate of drug-likeness (QED) is 0.783. The molecule has 118 valence electrons. The molecular weight excluding hydrogens is 297 g/mol. The summed E-state index contributed by atoms with van der Waals surface area (Å²) in [5, 5.41) is 2.46. The Kier molecular flexibility index (Phi) is 5.30. The number of sulfonamides is 1. The van der Waals surface area contributed by atoms with E-state index < -0.39 is 21.8 Å². The lowest BCUT2D eigenvalue weighted by molar-refractivity contribution is -0.124. The number of amides is 1. The molecule has 1 atom stereocenters. The van der Waals surface area contributed by atoms with Crippen LogP contribution in [0.15, 0.2) is 17.0 Å². The number of nitrogens with two attached hydrogens (primary N) is 1. The van der Waals surface area contributed by atoms with Gasteiger partial charge in [-0.25, -0.2) is 17.1 Å². The fourth-order valence-corrected chi connectivity index (χ4v) is 3.42. The van der Waals surface area contributed by atoms with Crippen LogP contribution in [-0.2, 0) is 14.8 Å². The number of rotatable bonds is 5. The highest BCUT2D eigenvalue weighted by Crippen LogP contribution is 2.24. The Labute approximate surface area is 124 Å². The second kappa shape index (κ2) is 6.40. The fraction of sp³-hybridized carbons (Fsp3) is 0.462. The number of hydrogen-bond donors (Lipinski definition) is 2. The van der Waals surface area contributed by atoms with Crippen LogP contribution in [-0.4, -0.2) is 39.3 Å². The lowest BCUT2D eigenvalue weighted by atomic mass is 10.2. The zero-order valence-corrected chi connectivity index (χ0v) is 13.3. The highest BCUT2D eigenvalue weighted by atomic mass is 32.2. The maximum atomic E-state index is 13.3. The lowest BCUT2D eigenvalue weighted by Gasteiger charge is -2.21. The van der Waals surface area contributed by atoms with Crippen molar-refractivity contribution in [3.05, 3.63) is 23.5 Å². The van der Waals surface area contributed by atoms with Gasteiger partial charge < -0.3 is 11.1 Å². The molecule has 3 N–H and O–H groups in total. The molecule has 0 fully saturated rings. The van der Waals surface area contributed by atoms with Crippen molar-refractivity contribution in [3.8, 4) is 0 Å². The van der Waals surface area contributed by atoms with Crippen molar-refractivity contribution in [2.75, 3.05) is 26.4 Å². The molecule has 0 heterocycles. The predicted molar refractivity (Wildman–Crippen MR) is 78.6 cm³/mol. The second-order valence-electron chi connectivity index (χ2n) is 4.94. The number of carbonyl (C=O) groups is 1. The summed E-state index contributed by atoms with van der Waals surface area (Å²) in [4.78, 5) is 11.4. The van der Waals surface area contributed by atoms with E-state index in [2.05, 4.69) is 5.32 Å². The molecule has 0 aromatic heterocycles. The molecule has 0 bridgehead atoms. The molecule has 1 rings (SSSR count). The molecule has 6 nitrogen and oxygen atoms in total. The van der Waals surface area contributed by atoms with Gasteiger partial charge >= 0.3 is 0 Å². The molecule has 1 aromatic rings. The number of nitrogens with zero attached hydrogens (tertiary/aromatic N) is 1. The van der Waals surface area contributed by atoms with Gasteiger partial charge in [0.15, 0.2) is 0 Å². The van der Waals surface area contributed by atoms with Gasteiger partial charge in [0, 0.05) is 26.6 Å². The van der Waals surface area contributed by atoms with Gasteiger partial charge in [-0.05, 0) is 24.6 Å². The third-order valence-electron chi connectivity index (χ3n) is 3.21. The van der Waals surface area contributed by atoms with Crippen LogP contribution in [0, 0.1) is 18.7 Å². The third-order valence-corrected chi connectivity index (χ3v) is 5.17. The Morgan fingerprint density at radius 1 is 1.48 bits per heavy atom. The number of carbonyl (C=O) groups excluding carboxylic acids is 1. The second-order valence-corrected chi connectivity index (χ2v) is 6.95. The summed E-state index contributed by atoms with van der Waals surface area (Å²) in [7, 11) is -0.986. The van der Waals surface area contributed by atoms with Crippen molar-refractivity contribution >= 4 is 21.6 Å². The van der Waals surface area contributed by atoms with Gasteiger partial charge in [-0.1, -0.05) is 6.92 Å². The van der Waals surface area contributed by atoms with Gasteiger partial charge in [0.1, 0.15) is 5.82 Å². The van der Waals surface area contributed by atoms with Gasteiger partial charge in [0.05, 0.1) is 10.6 Å². The van der Waals surface area contributed by atoms with Crippen molar-refractivity contribution in [2.45, 2.75) is 18.7 Å². The largest absolute Gasteiger partial charge is 0.396 e. The smallest absolute Gasteiger partial charge is 0.243 e. The summed E-state index contributed by atoms with van der Waals surface area (Å²) in [6.45, 7) is 3.13. The highest BCUT2D eigenvalue weighted by molar-refractivity contribution is 7.89. The molecule has 0 aliphatic rings. The molecule has 8 heteroatoms. The van der Waals surface area contributed by atoms with Gasteiger partial charge in [-0.3, -0.25) is 4.79 Å². The van der Waals surface area contributed by atoms with E-state index in [1.807, 2.05) is 0 Å². The molecule has 0 radical (unpaired) electrons. The Balaban J connectivity index is 3.11. The van der Waals surface area contributed by atoms with Gasteiger partial charge in [-0.2, -0.15) is 0 Å². The number of nitrogen functional groups attached to an aromatic ring is 1. The average Bonchev–Trinajstić information content (AvgIpc) is 2.41. The normalized spacial score (nSPS) is 13.2. The number of aryl methyl sites for hydroxylation is 1. The molecule has 0 saturated carbocycles. The Morgan fingerprint density at radius 3 is 2.57 bits per heavy atom. The molecule has 1 amide bonds. The van der Waals surface area contributed by atoms with E-state index >= 15 is 0 Å². The molecule has 0 aliphatic heterocycles. The monoisotopic (exact) mass is 317 g/mol. The number of halogens is 1. The van der Waals surface area contributed by atoms with Crippen molar-refractivity contribution in [2.24, 2.45) is 5.92 Å². The minimum atomic E-state index is -3.84. The fourth-order valence-electron chi connectivity index (χ4n) is 1.93. The van der Waals surface area contributed by atoms with E-state index in [9.17, 15) is 17.6 Å². The minimum absolute atomic E-state index is 0.0126. The van der Waals surface area contributed by atoms with E-state index in [1.54, 1.807) is 6.92 Å². The van der Waals surface area contributed by atoms with Crippen LogP contribution < -0.4 is 11.1 Å². The minimum Gasteiger partial charge on any atom is -0.396 e. The SMILES string of the molecule is CNC(=O)C(C)CN(C)S(=O)(=O)c1cc(N)c(F)cc1C. The predicted octanol–water partition coefficient (Wildman–Crippen LogP) is 0.719. The number of anilines is 1. The highest BCUT2D eigenvalue weighted by Gasteiger charge is 2.26. The van der Waals surface area contributed by atoms with Crippen LogP contribution in [0.1, 0.15) is 12.5 Å². The Morgan fingerprint density at radius 2 is 2.05 bits per heavy atom. The molecule has 0 saturated heterocycles. The van der Waals surface area contributed by atoms with Gasteiger partial charge in [-0.15, -0.1) is 0 Å². The summed E-state index contributed by atoms with van der Waals surface area (Å²) in [5.74, 6) is -1.42.